The Labute approximate surface area is 85.0 Å². The molecule has 2 aromatic rings. The molecular weight excluding hydrogens is 199 g/mol. The van der Waals surface area contributed by atoms with Crippen LogP contribution in [0, 0.1) is 5.82 Å². The third kappa shape index (κ3) is 1.68. The first-order valence-electron chi connectivity index (χ1n) is 4.52. The van der Waals surface area contributed by atoms with Crippen molar-refractivity contribution in [3.8, 4) is 0 Å². The number of ether oxygens (including phenoxy) is 1. The van der Waals surface area contributed by atoms with Crippen molar-refractivity contribution in [2.24, 2.45) is 0 Å². The number of halogens is 1. The molecule has 0 bridgehead atoms. The van der Waals surface area contributed by atoms with Crippen LogP contribution in [0.5, 0.6) is 0 Å². The standard InChI is InChI=1S/C10H9FN2O2/c1-2-15-10(14)7-3-6-5-12-13-9(6)4-8(7)11/h3-5H,2H2,1H3,(H,12,13). The summed E-state index contributed by atoms with van der Waals surface area (Å²) in [5.41, 5.74) is 0.492. The van der Waals surface area contributed by atoms with E-state index < -0.39 is 11.8 Å². The zero-order valence-electron chi connectivity index (χ0n) is 8.08. The third-order valence-corrected chi connectivity index (χ3v) is 2.02. The van der Waals surface area contributed by atoms with Crippen molar-refractivity contribution in [1.82, 2.24) is 10.2 Å². The molecule has 0 saturated heterocycles. The van der Waals surface area contributed by atoms with Gasteiger partial charge in [-0.05, 0) is 13.0 Å². The average molecular weight is 208 g/mol. The van der Waals surface area contributed by atoms with Crippen LogP contribution in [0.2, 0.25) is 0 Å². The highest BCUT2D eigenvalue weighted by atomic mass is 19.1. The monoisotopic (exact) mass is 208 g/mol. The summed E-state index contributed by atoms with van der Waals surface area (Å²) in [5, 5.41) is 7.04. The molecule has 0 atom stereocenters. The number of nitrogens with zero attached hydrogens (tertiary/aromatic N) is 1. The smallest absolute Gasteiger partial charge is 0.341 e. The second-order valence-electron chi connectivity index (χ2n) is 3.01. The largest absolute Gasteiger partial charge is 0.462 e. The van der Waals surface area contributed by atoms with Crippen LogP contribution < -0.4 is 0 Å². The number of fused-ring (bicyclic) bond motifs is 1. The molecule has 5 heteroatoms. The van der Waals surface area contributed by atoms with Gasteiger partial charge in [0.25, 0.3) is 0 Å². The molecule has 1 aromatic carbocycles. The highest BCUT2D eigenvalue weighted by Crippen LogP contribution is 2.17. The molecule has 0 unspecified atom stereocenters. The lowest BCUT2D eigenvalue weighted by molar-refractivity contribution is 0.0521. The maximum atomic E-state index is 13.4. The number of benzene rings is 1. The number of carbonyl (C=O) groups excluding carboxylic acids is 1. The maximum absolute atomic E-state index is 13.4. The summed E-state index contributed by atoms with van der Waals surface area (Å²) in [4.78, 5) is 11.3. The first-order valence-corrected chi connectivity index (χ1v) is 4.52. The number of carbonyl (C=O) groups is 1. The molecular formula is C10H9FN2O2. The molecule has 78 valence electrons. The minimum Gasteiger partial charge on any atom is -0.462 e. The van der Waals surface area contributed by atoms with Gasteiger partial charge in [0.15, 0.2) is 0 Å². The van der Waals surface area contributed by atoms with Gasteiger partial charge in [-0.15, -0.1) is 0 Å². The van der Waals surface area contributed by atoms with Crippen LogP contribution in [0.15, 0.2) is 18.3 Å². The fourth-order valence-corrected chi connectivity index (χ4v) is 1.33. The Hall–Kier alpha value is -1.91. The number of rotatable bonds is 2. The van der Waals surface area contributed by atoms with E-state index in [-0.39, 0.29) is 12.2 Å². The van der Waals surface area contributed by atoms with Gasteiger partial charge in [-0.2, -0.15) is 5.10 Å². The summed E-state index contributed by atoms with van der Waals surface area (Å²) >= 11 is 0. The Morgan fingerprint density at radius 1 is 1.60 bits per heavy atom. The van der Waals surface area contributed by atoms with E-state index in [4.69, 9.17) is 4.74 Å². The van der Waals surface area contributed by atoms with Gasteiger partial charge < -0.3 is 4.74 Å². The molecule has 0 fully saturated rings. The summed E-state index contributed by atoms with van der Waals surface area (Å²) in [5.74, 6) is -1.26. The maximum Gasteiger partial charge on any atom is 0.341 e. The van der Waals surface area contributed by atoms with E-state index in [1.807, 2.05) is 0 Å². The van der Waals surface area contributed by atoms with Crippen molar-refractivity contribution in [3.05, 3.63) is 29.7 Å². The van der Waals surface area contributed by atoms with E-state index in [1.54, 1.807) is 6.92 Å². The summed E-state index contributed by atoms with van der Waals surface area (Å²) in [6.07, 6.45) is 1.53. The van der Waals surface area contributed by atoms with Crippen molar-refractivity contribution in [2.45, 2.75) is 6.92 Å². The average Bonchev–Trinajstić information content (AvgIpc) is 2.63. The molecule has 0 aliphatic rings. The lowest BCUT2D eigenvalue weighted by Gasteiger charge is -2.02. The minimum absolute atomic E-state index is 0.0641. The molecule has 4 nitrogen and oxygen atoms in total. The summed E-state index contributed by atoms with van der Waals surface area (Å²) < 4.78 is 18.1. The lowest BCUT2D eigenvalue weighted by atomic mass is 10.1. The Kier molecular flexibility index (Phi) is 2.37. The molecule has 15 heavy (non-hydrogen) atoms. The van der Waals surface area contributed by atoms with Gasteiger partial charge in [0, 0.05) is 11.5 Å². The number of nitrogens with one attached hydrogen (secondary N) is 1. The van der Waals surface area contributed by atoms with Gasteiger partial charge >= 0.3 is 5.97 Å². The fraction of sp³-hybridized carbons (Fsp3) is 0.200. The van der Waals surface area contributed by atoms with Crippen molar-refractivity contribution < 1.29 is 13.9 Å². The van der Waals surface area contributed by atoms with E-state index in [2.05, 4.69) is 10.2 Å². The highest BCUT2D eigenvalue weighted by molar-refractivity contribution is 5.94. The van der Waals surface area contributed by atoms with Gasteiger partial charge in [-0.25, -0.2) is 9.18 Å². The first kappa shape index (κ1) is 9.64. The zero-order valence-corrected chi connectivity index (χ0v) is 8.08. The van der Waals surface area contributed by atoms with Crippen molar-refractivity contribution in [1.29, 1.82) is 0 Å². The van der Waals surface area contributed by atoms with Gasteiger partial charge in [0.05, 0.1) is 23.9 Å². The molecule has 0 amide bonds. The molecule has 0 aliphatic heterocycles. The highest BCUT2D eigenvalue weighted by Gasteiger charge is 2.14. The van der Waals surface area contributed by atoms with Crippen LogP contribution in [0.1, 0.15) is 17.3 Å². The van der Waals surface area contributed by atoms with E-state index in [9.17, 15) is 9.18 Å². The zero-order chi connectivity index (χ0) is 10.8. The van der Waals surface area contributed by atoms with Gasteiger partial charge in [0.2, 0.25) is 0 Å². The number of H-pyrrole nitrogens is 1. The second-order valence-corrected chi connectivity index (χ2v) is 3.01. The molecule has 1 N–H and O–H groups in total. The van der Waals surface area contributed by atoms with Gasteiger partial charge in [-0.1, -0.05) is 0 Å². The Balaban J connectivity index is 2.50. The summed E-state index contributed by atoms with van der Waals surface area (Å²) in [6, 6.07) is 2.65. The minimum atomic E-state index is -0.655. The van der Waals surface area contributed by atoms with Gasteiger partial charge in [-0.3, -0.25) is 5.10 Å². The molecule has 1 aromatic heterocycles. The lowest BCUT2D eigenvalue weighted by Crippen LogP contribution is -2.06. The van der Waals surface area contributed by atoms with E-state index in [0.29, 0.717) is 10.9 Å². The second kappa shape index (κ2) is 3.68. The number of aromatic amines is 1. The predicted molar refractivity (Wildman–Crippen MR) is 52.0 cm³/mol. The first-order chi connectivity index (χ1) is 7.22. The summed E-state index contributed by atoms with van der Waals surface area (Å²) in [7, 11) is 0. The van der Waals surface area contributed by atoms with Crippen LogP contribution in [0.3, 0.4) is 0 Å². The molecule has 0 radical (unpaired) electrons. The van der Waals surface area contributed by atoms with E-state index in [0.717, 1.165) is 0 Å². The van der Waals surface area contributed by atoms with Crippen LogP contribution in [0.25, 0.3) is 10.9 Å². The molecule has 0 aliphatic carbocycles. The van der Waals surface area contributed by atoms with Crippen LogP contribution in [-0.4, -0.2) is 22.8 Å². The van der Waals surface area contributed by atoms with Crippen LogP contribution in [0.4, 0.5) is 4.39 Å². The van der Waals surface area contributed by atoms with Crippen molar-refractivity contribution in [2.75, 3.05) is 6.61 Å². The van der Waals surface area contributed by atoms with E-state index >= 15 is 0 Å². The van der Waals surface area contributed by atoms with Crippen LogP contribution >= 0.6 is 0 Å². The van der Waals surface area contributed by atoms with Gasteiger partial charge in [0.1, 0.15) is 5.82 Å². The number of hydrogen-bond acceptors (Lipinski definition) is 3. The number of hydrogen-bond donors (Lipinski definition) is 1. The van der Waals surface area contributed by atoms with Crippen molar-refractivity contribution >= 4 is 16.9 Å². The fourth-order valence-electron chi connectivity index (χ4n) is 1.33. The number of aromatic nitrogens is 2. The SMILES string of the molecule is CCOC(=O)c1cc2cn[nH]c2cc1F. The quantitative estimate of drug-likeness (QED) is 0.766. The summed E-state index contributed by atoms with van der Waals surface area (Å²) in [6.45, 7) is 1.90. The van der Waals surface area contributed by atoms with E-state index in [1.165, 1.54) is 18.3 Å². The normalized spacial score (nSPS) is 10.5. The Morgan fingerprint density at radius 3 is 3.13 bits per heavy atom. The van der Waals surface area contributed by atoms with Crippen molar-refractivity contribution in [3.63, 3.8) is 0 Å². The third-order valence-electron chi connectivity index (χ3n) is 2.02. The molecule has 2 rings (SSSR count). The Morgan fingerprint density at radius 2 is 2.40 bits per heavy atom. The molecule has 1 heterocycles. The van der Waals surface area contributed by atoms with Crippen LogP contribution in [-0.2, 0) is 4.74 Å². The molecule has 0 spiro atoms. The predicted octanol–water partition coefficient (Wildman–Crippen LogP) is 1.88. The Bertz CT molecular complexity index is 507. The topological polar surface area (TPSA) is 55.0 Å². The molecule has 0 saturated carbocycles. The number of esters is 1.